The predicted molar refractivity (Wildman–Crippen MR) is 74.1 cm³/mol. The van der Waals surface area contributed by atoms with Gasteiger partial charge in [-0.2, -0.15) is 4.99 Å². The fraction of sp³-hybridized carbons (Fsp3) is 0.333. The highest BCUT2D eigenvalue weighted by Gasteiger charge is 2.06. The summed E-state index contributed by atoms with van der Waals surface area (Å²) in [5.41, 5.74) is 1.14. The molecule has 0 atom stereocenters. The number of aryl methyl sites for hydroxylation is 1. The zero-order valence-corrected chi connectivity index (χ0v) is 12.1. The molecule has 0 N–H and O–H groups in total. The minimum Gasteiger partial charge on any atom is -0.316 e. The third kappa shape index (κ3) is 2.66. The summed E-state index contributed by atoms with van der Waals surface area (Å²) in [6.45, 7) is 4.48. The maximum atomic E-state index is 11.1. The van der Waals surface area contributed by atoms with Crippen LogP contribution in [0, 0.1) is 0 Å². The highest BCUT2D eigenvalue weighted by molar-refractivity contribution is 9.10. The summed E-state index contributed by atoms with van der Waals surface area (Å²) in [5, 5.41) is 0. The van der Waals surface area contributed by atoms with Gasteiger partial charge in [-0.25, -0.2) is 0 Å². The van der Waals surface area contributed by atoms with Crippen LogP contribution in [0.25, 0.3) is 10.2 Å². The van der Waals surface area contributed by atoms with Crippen molar-refractivity contribution in [1.29, 1.82) is 0 Å². The molecular formula is C12H13BrN2OS. The van der Waals surface area contributed by atoms with Crippen LogP contribution in [-0.2, 0) is 11.3 Å². The van der Waals surface area contributed by atoms with E-state index in [-0.39, 0.29) is 5.91 Å². The Morgan fingerprint density at radius 1 is 1.53 bits per heavy atom. The zero-order chi connectivity index (χ0) is 12.4. The second-order valence-electron chi connectivity index (χ2n) is 3.78. The number of thiazole rings is 1. The van der Waals surface area contributed by atoms with Gasteiger partial charge in [-0.1, -0.05) is 34.2 Å². The first-order valence-electron chi connectivity index (χ1n) is 5.46. The normalized spacial score (nSPS) is 12.3. The van der Waals surface area contributed by atoms with Crippen LogP contribution in [0.15, 0.2) is 27.7 Å². The van der Waals surface area contributed by atoms with E-state index in [1.165, 1.54) is 6.92 Å². The van der Waals surface area contributed by atoms with Crippen LogP contribution in [0.1, 0.15) is 20.3 Å². The quantitative estimate of drug-likeness (QED) is 0.837. The standard InChI is InChI=1S/C12H13BrN2OS/c1-3-6-15-10-5-4-9(13)7-11(10)17-12(15)14-8(2)16/h4-5,7H,3,6H2,1-2H3. The highest BCUT2D eigenvalue weighted by Crippen LogP contribution is 2.22. The number of aromatic nitrogens is 1. The first-order valence-corrected chi connectivity index (χ1v) is 7.07. The maximum Gasteiger partial charge on any atom is 0.245 e. The number of amides is 1. The molecule has 0 unspecified atom stereocenters. The van der Waals surface area contributed by atoms with Gasteiger partial charge < -0.3 is 4.57 Å². The van der Waals surface area contributed by atoms with Gasteiger partial charge >= 0.3 is 0 Å². The Labute approximate surface area is 112 Å². The predicted octanol–water partition coefficient (Wildman–Crippen LogP) is 3.32. The SMILES string of the molecule is CCCn1c(=NC(C)=O)sc2cc(Br)ccc21. The number of benzene rings is 1. The number of nitrogens with zero attached hydrogens (tertiary/aromatic N) is 2. The number of hydrogen-bond donors (Lipinski definition) is 0. The molecule has 2 rings (SSSR count). The Hall–Kier alpha value is -0.940. The van der Waals surface area contributed by atoms with Crippen molar-refractivity contribution in [2.24, 2.45) is 4.99 Å². The van der Waals surface area contributed by atoms with E-state index in [1.807, 2.05) is 6.07 Å². The van der Waals surface area contributed by atoms with Crippen LogP contribution in [0.5, 0.6) is 0 Å². The molecule has 90 valence electrons. The van der Waals surface area contributed by atoms with Gasteiger partial charge in [-0.15, -0.1) is 0 Å². The first kappa shape index (κ1) is 12.5. The molecular weight excluding hydrogens is 300 g/mol. The van der Waals surface area contributed by atoms with E-state index in [1.54, 1.807) is 11.3 Å². The van der Waals surface area contributed by atoms with E-state index in [9.17, 15) is 4.79 Å². The fourth-order valence-electron chi connectivity index (χ4n) is 1.71. The Morgan fingerprint density at radius 2 is 2.29 bits per heavy atom. The molecule has 0 aliphatic rings. The maximum absolute atomic E-state index is 11.1. The van der Waals surface area contributed by atoms with Crippen LogP contribution >= 0.6 is 27.3 Å². The molecule has 2 aromatic rings. The minimum absolute atomic E-state index is 0.152. The van der Waals surface area contributed by atoms with Crippen molar-refractivity contribution < 1.29 is 4.79 Å². The lowest BCUT2D eigenvalue weighted by molar-refractivity contribution is -0.116. The van der Waals surface area contributed by atoms with E-state index < -0.39 is 0 Å². The molecule has 0 saturated heterocycles. The molecule has 5 heteroatoms. The average Bonchev–Trinajstić information content (AvgIpc) is 2.55. The summed E-state index contributed by atoms with van der Waals surface area (Å²) < 4.78 is 4.30. The summed E-state index contributed by atoms with van der Waals surface area (Å²) in [5.74, 6) is -0.152. The van der Waals surface area contributed by atoms with Crippen molar-refractivity contribution in [2.45, 2.75) is 26.8 Å². The number of carbonyl (C=O) groups is 1. The van der Waals surface area contributed by atoms with E-state index in [0.717, 1.165) is 32.5 Å². The van der Waals surface area contributed by atoms with Gasteiger partial charge in [-0.05, 0) is 24.6 Å². The lowest BCUT2D eigenvalue weighted by Crippen LogP contribution is -2.15. The number of halogens is 1. The second kappa shape index (κ2) is 5.14. The topological polar surface area (TPSA) is 34.4 Å². The summed E-state index contributed by atoms with van der Waals surface area (Å²) >= 11 is 5.01. The second-order valence-corrected chi connectivity index (χ2v) is 5.70. The summed E-state index contributed by atoms with van der Waals surface area (Å²) in [4.78, 5) is 16.0. The molecule has 1 heterocycles. The highest BCUT2D eigenvalue weighted by atomic mass is 79.9. The van der Waals surface area contributed by atoms with Crippen LogP contribution in [0.4, 0.5) is 0 Å². The first-order chi connectivity index (χ1) is 8.11. The molecule has 17 heavy (non-hydrogen) atoms. The van der Waals surface area contributed by atoms with Crippen molar-refractivity contribution in [3.05, 3.63) is 27.5 Å². The molecule has 1 amide bonds. The lowest BCUT2D eigenvalue weighted by atomic mass is 10.3. The van der Waals surface area contributed by atoms with Gasteiger partial charge in [0.15, 0.2) is 4.80 Å². The van der Waals surface area contributed by atoms with E-state index in [4.69, 9.17) is 0 Å². The molecule has 0 fully saturated rings. The van der Waals surface area contributed by atoms with Crippen molar-refractivity contribution in [2.75, 3.05) is 0 Å². The van der Waals surface area contributed by atoms with Crippen LogP contribution < -0.4 is 4.80 Å². The van der Waals surface area contributed by atoms with Crippen molar-refractivity contribution in [3.8, 4) is 0 Å². The zero-order valence-electron chi connectivity index (χ0n) is 9.74. The summed E-state index contributed by atoms with van der Waals surface area (Å²) in [6.07, 6.45) is 1.02. The van der Waals surface area contributed by atoms with Crippen molar-refractivity contribution in [3.63, 3.8) is 0 Å². The van der Waals surface area contributed by atoms with Gasteiger partial charge in [-0.3, -0.25) is 4.79 Å². The number of carbonyl (C=O) groups excluding carboxylic acids is 1. The number of rotatable bonds is 2. The van der Waals surface area contributed by atoms with Gasteiger partial charge in [0.2, 0.25) is 5.91 Å². The fourth-order valence-corrected chi connectivity index (χ4v) is 3.36. The molecule has 0 bridgehead atoms. The van der Waals surface area contributed by atoms with Gasteiger partial charge in [0.25, 0.3) is 0 Å². The monoisotopic (exact) mass is 312 g/mol. The smallest absolute Gasteiger partial charge is 0.245 e. The molecule has 3 nitrogen and oxygen atoms in total. The molecule has 0 spiro atoms. The van der Waals surface area contributed by atoms with Crippen LogP contribution in [-0.4, -0.2) is 10.5 Å². The average molecular weight is 313 g/mol. The summed E-state index contributed by atoms with van der Waals surface area (Å²) in [6, 6.07) is 6.13. The molecule has 0 saturated carbocycles. The third-order valence-electron chi connectivity index (χ3n) is 2.35. The van der Waals surface area contributed by atoms with Crippen LogP contribution in [0.3, 0.4) is 0 Å². The van der Waals surface area contributed by atoms with E-state index in [2.05, 4.69) is 44.5 Å². The number of hydrogen-bond acceptors (Lipinski definition) is 2. The minimum atomic E-state index is -0.152. The van der Waals surface area contributed by atoms with Crippen LogP contribution in [0.2, 0.25) is 0 Å². The molecule has 0 radical (unpaired) electrons. The summed E-state index contributed by atoms with van der Waals surface area (Å²) in [7, 11) is 0. The molecule has 0 aliphatic carbocycles. The largest absolute Gasteiger partial charge is 0.316 e. The van der Waals surface area contributed by atoms with Crippen molar-refractivity contribution >= 4 is 43.4 Å². The molecule has 0 aliphatic heterocycles. The van der Waals surface area contributed by atoms with Gasteiger partial charge in [0.05, 0.1) is 10.2 Å². The van der Waals surface area contributed by atoms with E-state index in [0.29, 0.717) is 0 Å². The van der Waals surface area contributed by atoms with Gasteiger partial charge in [0, 0.05) is 17.9 Å². The number of fused-ring (bicyclic) bond motifs is 1. The van der Waals surface area contributed by atoms with E-state index >= 15 is 0 Å². The van der Waals surface area contributed by atoms with Crippen molar-refractivity contribution in [1.82, 2.24) is 4.57 Å². The Kier molecular flexibility index (Phi) is 3.79. The Morgan fingerprint density at radius 3 is 2.94 bits per heavy atom. The Balaban J connectivity index is 2.74. The van der Waals surface area contributed by atoms with Gasteiger partial charge in [0.1, 0.15) is 0 Å². The third-order valence-corrected chi connectivity index (χ3v) is 3.88. The molecule has 1 aromatic heterocycles. The molecule has 1 aromatic carbocycles. The Bertz CT molecular complexity index is 627. The lowest BCUT2D eigenvalue weighted by Gasteiger charge is -2.01.